The van der Waals surface area contributed by atoms with E-state index in [2.05, 4.69) is 0 Å². The molecule has 0 aliphatic heterocycles. The normalized spacial score (nSPS) is 35.6. The van der Waals surface area contributed by atoms with Gasteiger partial charge in [-0.2, -0.15) is 0 Å². The van der Waals surface area contributed by atoms with Crippen molar-refractivity contribution in [1.29, 1.82) is 0 Å². The van der Waals surface area contributed by atoms with Crippen LogP contribution in [0.25, 0.3) is 0 Å². The molecule has 0 heterocycles. The van der Waals surface area contributed by atoms with Crippen LogP contribution in [-0.4, -0.2) is 56.2 Å². The van der Waals surface area contributed by atoms with Crippen LogP contribution in [0.1, 0.15) is 0 Å². The zero-order valence-corrected chi connectivity index (χ0v) is 10.6. The Morgan fingerprint density at radius 2 is 1.84 bits per heavy atom. The third kappa shape index (κ3) is 2.31. The summed E-state index contributed by atoms with van der Waals surface area (Å²) < 4.78 is 5.09. The zero-order valence-electron chi connectivity index (χ0n) is 9.85. The number of aliphatic hydroxyl groups excluding tert-OH is 4. The smallest absolute Gasteiger partial charge is 0.229 e. The minimum atomic E-state index is -2.12. The fraction of sp³-hybridized carbons (Fsp3) is 0.500. The molecular weight excluding hydrogens is 276 g/mol. The molecule has 0 amide bonds. The van der Waals surface area contributed by atoms with Gasteiger partial charge < -0.3 is 30.3 Å². The molecule has 0 spiro atoms. The van der Waals surface area contributed by atoms with Crippen molar-refractivity contribution in [2.45, 2.75) is 24.1 Å². The van der Waals surface area contributed by atoms with Crippen LogP contribution in [0, 0.1) is 5.92 Å². The van der Waals surface area contributed by atoms with Crippen LogP contribution in [0.3, 0.4) is 0 Å². The van der Waals surface area contributed by atoms with Crippen molar-refractivity contribution in [3.05, 3.63) is 29.3 Å². The lowest BCUT2D eigenvalue weighted by molar-refractivity contribution is -0.332. The van der Waals surface area contributed by atoms with Crippen LogP contribution in [-0.2, 0) is 0 Å². The van der Waals surface area contributed by atoms with Gasteiger partial charge in [0.2, 0.25) is 6.29 Å². The Labute approximate surface area is 114 Å². The molecule has 1 fully saturated rings. The van der Waals surface area contributed by atoms with Crippen LogP contribution in [0.2, 0.25) is 5.02 Å². The second-order valence-electron chi connectivity index (χ2n) is 4.54. The lowest BCUT2D eigenvalue weighted by Gasteiger charge is -2.53. The molecular formula is C12H15ClO6. The molecule has 2 rings (SSSR count). The van der Waals surface area contributed by atoms with E-state index in [-0.39, 0.29) is 5.75 Å². The first kappa shape index (κ1) is 14.5. The summed E-state index contributed by atoms with van der Waals surface area (Å²) >= 11 is 5.69. The van der Waals surface area contributed by atoms with Gasteiger partial charge in [0.25, 0.3) is 0 Å². The molecule has 0 bridgehead atoms. The third-order valence-corrected chi connectivity index (χ3v) is 3.71. The Morgan fingerprint density at radius 3 is 2.37 bits per heavy atom. The minimum absolute atomic E-state index is 0.232. The van der Waals surface area contributed by atoms with E-state index in [1.165, 1.54) is 24.3 Å². The molecule has 0 saturated heterocycles. The highest BCUT2D eigenvalue weighted by Crippen LogP contribution is 2.42. The van der Waals surface area contributed by atoms with E-state index in [1.54, 1.807) is 0 Å². The Kier molecular flexibility index (Phi) is 4.00. The molecule has 1 aromatic carbocycles. The first-order valence-electron chi connectivity index (χ1n) is 5.71. The number of ether oxygens (including phenoxy) is 1. The number of hydrogen-bond donors (Lipinski definition) is 5. The molecule has 1 aromatic rings. The molecule has 106 valence electrons. The maximum absolute atomic E-state index is 10.1. The van der Waals surface area contributed by atoms with Crippen molar-refractivity contribution in [3.63, 3.8) is 0 Å². The third-order valence-electron chi connectivity index (χ3n) is 3.46. The summed E-state index contributed by atoms with van der Waals surface area (Å²) in [7, 11) is 0. The van der Waals surface area contributed by atoms with Crippen molar-refractivity contribution >= 4 is 11.6 Å². The molecule has 1 aliphatic carbocycles. The van der Waals surface area contributed by atoms with E-state index in [0.717, 1.165) is 0 Å². The maximum Gasteiger partial charge on any atom is 0.229 e. The van der Waals surface area contributed by atoms with E-state index in [4.69, 9.17) is 21.4 Å². The summed E-state index contributed by atoms with van der Waals surface area (Å²) in [4.78, 5) is 0. The van der Waals surface area contributed by atoms with Gasteiger partial charge in [0.1, 0.15) is 11.9 Å². The zero-order chi connectivity index (χ0) is 14.2. The van der Waals surface area contributed by atoms with E-state index in [1.807, 2.05) is 0 Å². The van der Waals surface area contributed by atoms with Gasteiger partial charge in [0, 0.05) is 10.9 Å². The van der Waals surface area contributed by atoms with Crippen molar-refractivity contribution in [1.82, 2.24) is 0 Å². The monoisotopic (exact) mass is 290 g/mol. The second-order valence-corrected chi connectivity index (χ2v) is 4.97. The molecule has 1 saturated carbocycles. The standard InChI is InChI=1S/C12H15ClO6/c13-6-1-3-7(4-2-6)19-11(17)12(18)8(5-14)9(15)10(12)16/h1-4,8-11,14-18H,5H2. The SMILES string of the molecule is OCC1C(O)C(O)C1(O)C(O)Oc1ccc(Cl)cc1. The van der Waals surface area contributed by atoms with Gasteiger partial charge in [-0.05, 0) is 24.3 Å². The Morgan fingerprint density at radius 1 is 1.26 bits per heavy atom. The predicted molar refractivity (Wildman–Crippen MR) is 65.6 cm³/mol. The summed E-state index contributed by atoms with van der Waals surface area (Å²) in [6, 6.07) is 6.02. The highest BCUT2D eigenvalue weighted by atomic mass is 35.5. The fourth-order valence-electron chi connectivity index (χ4n) is 2.19. The summed E-state index contributed by atoms with van der Waals surface area (Å²) in [5.74, 6) is -0.847. The molecule has 5 atom stereocenters. The summed E-state index contributed by atoms with van der Waals surface area (Å²) in [6.07, 6.45) is -4.69. The van der Waals surface area contributed by atoms with Crippen molar-refractivity contribution in [2.75, 3.05) is 6.61 Å². The van der Waals surface area contributed by atoms with Gasteiger partial charge in [0.15, 0.2) is 5.60 Å². The van der Waals surface area contributed by atoms with Crippen molar-refractivity contribution in [3.8, 4) is 5.75 Å². The van der Waals surface area contributed by atoms with E-state index in [0.29, 0.717) is 5.02 Å². The number of benzene rings is 1. The molecule has 5 N–H and O–H groups in total. The summed E-state index contributed by atoms with van der Waals surface area (Å²) in [5, 5.41) is 48.5. The highest BCUT2D eigenvalue weighted by Gasteiger charge is 2.65. The van der Waals surface area contributed by atoms with Crippen LogP contribution >= 0.6 is 11.6 Å². The summed E-state index contributed by atoms with van der Waals surface area (Å²) in [6.45, 7) is -0.588. The second kappa shape index (κ2) is 5.24. The quantitative estimate of drug-likeness (QED) is 0.460. The number of halogens is 1. The topological polar surface area (TPSA) is 110 Å². The number of hydrogen-bond acceptors (Lipinski definition) is 6. The van der Waals surface area contributed by atoms with E-state index in [9.17, 15) is 20.4 Å². The lowest BCUT2D eigenvalue weighted by atomic mass is 9.64. The van der Waals surface area contributed by atoms with Crippen LogP contribution in [0.5, 0.6) is 5.75 Å². The fourth-order valence-corrected chi connectivity index (χ4v) is 2.31. The van der Waals surface area contributed by atoms with Gasteiger partial charge in [0.05, 0.1) is 12.7 Å². The van der Waals surface area contributed by atoms with Crippen LogP contribution in [0.4, 0.5) is 0 Å². The average molecular weight is 291 g/mol. The summed E-state index contributed by atoms with van der Waals surface area (Å²) in [5.41, 5.74) is -2.12. The molecule has 19 heavy (non-hydrogen) atoms. The first-order chi connectivity index (χ1) is 8.91. The first-order valence-corrected chi connectivity index (χ1v) is 6.08. The predicted octanol–water partition coefficient (Wildman–Crippen LogP) is -0.888. The van der Waals surface area contributed by atoms with Gasteiger partial charge in [-0.25, -0.2) is 0 Å². The van der Waals surface area contributed by atoms with Gasteiger partial charge in [-0.3, -0.25) is 0 Å². The molecule has 0 radical (unpaired) electrons. The van der Waals surface area contributed by atoms with Gasteiger partial charge >= 0.3 is 0 Å². The van der Waals surface area contributed by atoms with E-state index >= 15 is 0 Å². The van der Waals surface area contributed by atoms with Crippen LogP contribution < -0.4 is 4.74 Å². The number of aliphatic hydroxyl groups is 5. The molecule has 1 aliphatic rings. The number of rotatable bonds is 4. The maximum atomic E-state index is 10.1. The molecule has 0 aromatic heterocycles. The lowest BCUT2D eigenvalue weighted by Crippen LogP contribution is -2.76. The van der Waals surface area contributed by atoms with Crippen molar-refractivity contribution < 1.29 is 30.3 Å². The average Bonchev–Trinajstić information content (AvgIpc) is 2.41. The van der Waals surface area contributed by atoms with Gasteiger partial charge in [-0.1, -0.05) is 11.6 Å². The van der Waals surface area contributed by atoms with Gasteiger partial charge in [-0.15, -0.1) is 0 Å². The molecule has 6 nitrogen and oxygen atoms in total. The Balaban J connectivity index is 2.11. The van der Waals surface area contributed by atoms with Crippen molar-refractivity contribution in [2.24, 2.45) is 5.92 Å². The Hall–Kier alpha value is -0.890. The Bertz CT molecular complexity index is 438. The molecule has 7 heteroatoms. The minimum Gasteiger partial charge on any atom is -0.462 e. The highest BCUT2D eigenvalue weighted by molar-refractivity contribution is 6.30. The molecule has 5 unspecified atom stereocenters. The van der Waals surface area contributed by atoms with Crippen LogP contribution in [0.15, 0.2) is 24.3 Å². The largest absolute Gasteiger partial charge is 0.462 e. The van der Waals surface area contributed by atoms with E-state index < -0.39 is 36.6 Å².